The fourth-order valence-electron chi connectivity index (χ4n) is 0.943. The number of nitrogen functional groups attached to an aromatic ring is 2. The molecule has 6 N–H and O–H groups in total. The fourth-order valence-corrected chi connectivity index (χ4v) is 2.07. The topological polar surface area (TPSA) is 145 Å². The van der Waals surface area contributed by atoms with E-state index in [2.05, 4.69) is 9.37 Å². The van der Waals surface area contributed by atoms with E-state index in [1.165, 1.54) is 0 Å². The standard InChI is InChI=1S/C6H8N2O6S2/c7-3-1-4(8)6(16(10,11)12)2-5(3)15-14-13-9/h1-2,9H,7-8H2,(H,10,11,12). The van der Waals surface area contributed by atoms with Crippen LogP contribution >= 0.6 is 12.0 Å². The highest BCUT2D eigenvalue weighted by molar-refractivity contribution is 7.94. The van der Waals surface area contributed by atoms with Crippen molar-refractivity contribution in [1.29, 1.82) is 0 Å². The number of hydrogen-bond donors (Lipinski definition) is 4. The first kappa shape index (κ1) is 13.0. The first-order valence-electron chi connectivity index (χ1n) is 3.67. The molecule has 0 aromatic heterocycles. The van der Waals surface area contributed by atoms with E-state index in [0.717, 1.165) is 12.1 Å². The Balaban J connectivity index is 3.22. The Hall–Kier alpha value is -1.04. The molecule has 0 bridgehead atoms. The van der Waals surface area contributed by atoms with Crippen LogP contribution in [0.2, 0.25) is 0 Å². The van der Waals surface area contributed by atoms with Gasteiger partial charge in [-0.15, -0.1) is 4.33 Å². The van der Waals surface area contributed by atoms with Gasteiger partial charge in [0, 0.05) is 5.69 Å². The number of hydrogen-bond acceptors (Lipinski definition) is 8. The molecule has 1 rings (SSSR count). The molecule has 1 aromatic rings. The first-order chi connectivity index (χ1) is 7.36. The molecule has 0 fully saturated rings. The van der Waals surface area contributed by atoms with Gasteiger partial charge in [-0.25, -0.2) is 5.26 Å². The largest absolute Gasteiger partial charge is 0.398 e. The van der Waals surface area contributed by atoms with Gasteiger partial charge in [-0.2, -0.15) is 8.42 Å². The van der Waals surface area contributed by atoms with Crippen LogP contribution < -0.4 is 11.5 Å². The molecule has 90 valence electrons. The third-order valence-electron chi connectivity index (χ3n) is 1.57. The van der Waals surface area contributed by atoms with E-state index in [0.29, 0.717) is 12.0 Å². The lowest BCUT2D eigenvalue weighted by Gasteiger charge is -2.07. The second-order valence-electron chi connectivity index (χ2n) is 2.63. The number of rotatable bonds is 4. The molecule has 8 nitrogen and oxygen atoms in total. The summed E-state index contributed by atoms with van der Waals surface area (Å²) >= 11 is 0.458. The van der Waals surface area contributed by atoms with Gasteiger partial charge in [-0.3, -0.25) is 4.55 Å². The Bertz CT molecular complexity index is 488. The Kier molecular flexibility index (Phi) is 3.96. The average molecular weight is 268 g/mol. The number of benzene rings is 1. The van der Waals surface area contributed by atoms with E-state index in [4.69, 9.17) is 21.3 Å². The van der Waals surface area contributed by atoms with Crippen LogP contribution in [0.15, 0.2) is 21.9 Å². The van der Waals surface area contributed by atoms with Gasteiger partial charge in [-0.1, -0.05) is 5.04 Å². The average Bonchev–Trinajstić information content (AvgIpc) is 2.14. The van der Waals surface area contributed by atoms with Gasteiger partial charge >= 0.3 is 0 Å². The lowest BCUT2D eigenvalue weighted by molar-refractivity contribution is -0.432. The molecular weight excluding hydrogens is 260 g/mol. The van der Waals surface area contributed by atoms with Crippen LogP contribution in [0, 0.1) is 0 Å². The normalized spacial score (nSPS) is 11.6. The van der Waals surface area contributed by atoms with E-state index in [1.54, 1.807) is 0 Å². The molecule has 0 saturated heterocycles. The molecule has 0 saturated carbocycles. The van der Waals surface area contributed by atoms with Crippen LogP contribution in [0.4, 0.5) is 11.4 Å². The van der Waals surface area contributed by atoms with Gasteiger partial charge in [0.2, 0.25) is 0 Å². The molecular formula is C6H8N2O6S2. The van der Waals surface area contributed by atoms with Crippen molar-refractivity contribution in [2.24, 2.45) is 0 Å². The monoisotopic (exact) mass is 268 g/mol. The maximum atomic E-state index is 10.9. The van der Waals surface area contributed by atoms with Crippen molar-refractivity contribution in [3.63, 3.8) is 0 Å². The van der Waals surface area contributed by atoms with Crippen molar-refractivity contribution in [2.75, 3.05) is 11.5 Å². The summed E-state index contributed by atoms with van der Waals surface area (Å²) in [6.07, 6.45) is 0. The van der Waals surface area contributed by atoms with Crippen LogP contribution in [-0.2, 0) is 19.5 Å². The van der Waals surface area contributed by atoms with Crippen LogP contribution in [0.1, 0.15) is 0 Å². The summed E-state index contributed by atoms with van der Waals surface area (Å²) in [7, 11) is -4.45. The predicted molar refractivity (Wildman–Crippen MR) is 55.7 cm³/mol. The molecule has 0 heterocycles. The van der Waals surface area contributed by atoms with Crippen molar-refractivity contribution in [2.45, 2.75) is 9.79 Å². The summed E-state index contributed by atoms with van der Waals surface area (Å²) in [4.78, 5) is -0.401. The molecule has 0 amide bonds. The highest BCUT2D eigenvalue weighted by atomic mass is 32.2. The van der Waals surface area contributed by atoms with E-state index >= 15 is 0 Å². The molecule has 10 heteroatoms. The molecule has 0 aliphatic rings. The van der Waals surface area contributed by atoms with Gasteiger partial charge < -0.3 is 11.5 Å². The fraction of sp³-hybridized carbons (Fsp3) is 0. The molecule has 0 aliphatic heterocycles. The Morgan fingerprint density at radius 1 is 1.25 bits per heavy atom. The van der Waals surface area contributed by atoms with Crippen LogP contribution in [0.25, 0.3) is 0 Å². The van der Waals surface area contributed by atoms with Gasteiger partial charge in [0.05, 0.1) is 22.6 Å². The Labute approximate surface area is 95.0 Å². The van der Waals surface area contributed by atoms with Crippen molar-refractivity contribution in [1.82, 2.24) is 0 Å². The van der Waals surface area contributed by atoms with Crippen molar-refractivity contribution in [3.05, 3.63) is 12.1 Å². The molecule has 0 aliphatic carbocycles. The van der Waals surface area contributed by atoms with Crippen molar-refractivity contribution >= 4 is 33.5 Å². The second-order valence-corrected chi connectivity index (χ2v) is 4.76. The highest BCUT2D eigenvalue weighted by Gasteiger charge is 2.17. The second kappa shape index (κ2) is 4.86. The SMILES string of the molecule is Nc1cc(N)c(S(=O)(=O)O)cc1SOOO. The third-order valence-corrected chi connectivity index (χ3v) is 3.15. The minimum atomic E-state index is -4.45. The minimum Gasteiger partial charge on any atom is -0.398 e. The van der Waals surface area contributed by atoms with Gasteiger partial charge in [0.25, 0.3) is 10.1 Å². The molecule has 0 atom stereocenters. The summed E-state index contributed by atoms with van der Waals surface area (Å²) in [6.45, 7) is 0. The van der Waals surface area contributed by atoms with Gasteiger partial charge in [0.15, 0.2) is 0 Å². The number of nitrogens with two attached hydrogens (primary N) is 2. The zero-order valence-corrected chi connectivity index (χ0v) is 9.29. The Morgan fingerprint density at radius 2 is 1.88 bits per heavy atom. The number of anilines is 2. The summed E-state index contributed by atoms with van der Waals surface area (Å²) in [6, 6.07) is 2.12. The van der Waals surface area contributed by atoms with Crippen LogP contribution in [-0.4, -0.2) is 18.2 Å². The van der Waals surface area contributed by atoms with E-state index < -0.39 is 15.0 Å². The summed E-state index contributed by atoms with van der Waals surface area (Å²) < 4.78 is 34.7. The van der Waals surface area contributed by atoms with E-state index in [1.807, 2.05) is 0 Å². The molecule has 1 aromatic carbocycles. The zero-order chi connectivity index (χ0) is 12.3. The lowest BCUT2D eigenvalue weighted by atomic mass is 10.3. The quantitative estimate of drug-likeness (QED) is 0.202. The summed E-state index contributed by atoms with van der Waals surface area (Å²) in [5, 5.41) is 11.2. The minimum absolute atomic E-state index is 0.104. The molecule has 0 unspecified atom stereocenters. The summed E-state index contributed by atoms with van der Waals surface area (Å²) in [5.74, 6) is 0. The van der Waals surface area contributed by atoms with Crippen molar-refractivity contribution < 1.29 is 27.6 Å². The van der Waals surface area contributed by atoms with E-state index in [-0.39, 0.29) is 16.3 Å². The molecule has 0 spiro atoms. The first-order valence-corrected chi connectivity index (χ1v) is 5.85. The van der Waals surface area contributed by atoms with Gasteiger partial charge in [0.1, 0.15) is 4.90 Å². The Morgan fingerprint density at radius 3 is 2.38 bits per heavy atom. The maximum absolute atomic E-state index is 10.9. The highest BCUT2D eigenvalue weighted by Crippen LogP contribution is 2.32. The van der Waals surface area contributed by atoms with Gasteiger partial charge in [-0.05, 0) is 12.1 Å². The van der Waals surface area contributed by atoms with Crippen LogP contribution in [0.5, 0.6) is 0 Å². The zero-order valence-electron chi connectivity index (χ0n) is 7.65. The molecule has 0 radical (unpaired) electrons. The maximum Gasteiger partial charge on any atom is 0.296 e. The molecule has 16 heavy (non-hydrogen) atoms. The van der Waals surface area contributed by atoms with Crippen LogP contribution in [0.3, 0.4) is 0 Å². The smallest absolute Gasteiger partial charge is 0.296 e. The lowest BCUT2D eigenvalue weighted by Crippen LogP contribution is -2.05. The predicted octanol–water partition coefficient (Wildman–Crippen LogP) is 0.526. The third kappa shape index (κ3) is 2.98. The summed E-state index contributed by atoms with van der Waals surface area (Å²) in [5.41, 5.74) is 10.7. The van der Waals surface area contributed by atoms with Crippen molar-refractivity contribution in [3.8, 4) is 0 Å². The van der Waals surface area contributed by atoms with E-state index in [9.17, 15) is 8.42 Å².